The van der Waals surface area contributed by atoms with Crippen LogP contribution in [0.4, 0.5) is 11.6 Å². The third kappa shape index (κ3) is 3.36. The Bertz CT molecular complexity index is 620. The van der Waals surface area contributed by atoms with E-state index < -0.39 is 0 Å². The number of anilines is 2. The van der Waals surface area contributed by atoms with Crippen LogP contribution in [0.25, 0.3) is 0 Å². The number of nitrogens with one attached hydrogen (secondary N) is 2. The van der Waals surface area contributed by atoms with Gasteiger partial charge in [0.1, 0.15) is 17.5 Å². The maximum atomic E-state index is 4.69. The van der Waals surface area contributed by atoms with Gasteiger partial charge in [0.25, 0.3) is 0 Å². The quantitative estimate of drug-likeness (QED) is 0.907. The maximum Gasteiger partial charge on any atom is 0.135 e. The van der Waals surface area contributed by atoms with E-state index in [-0.39, 0.29) is 0 Å². The smallest absolute Gasteiger partial charge is 0.135 e. The van der Waals surface area contributed by atoms with Gasteiger partial charge in [-0.2, -0.15) is 0 Å². The van der Waals surface area contributed by atoms with E-state index in [1.54, 1.807) is 6.20 Å². The Balaban J connectivity index is 1.85. The van der Waals surface area contributed by atoms with Crippen LogP contribution >= 0.6 is 0 Å². The monoisotopic (exact) mass is 283 g/mol. The summed E-state index contributed by atoms with van der Waals surface area (Å²) in [5.41, 5.74) is 2.09. The van der Waals surface area contributed by atoms with E-state index >= 15 is 0 Å². The van der Waals surface area contributed by atoms with Gasteiger partial charge in [-0.15, -0.1) is 0 Å². The van der Waals surface area contributed by atoms with Crippen LogP contribution in [0.1, 0.15) is 35.8 Å². The molecular weight excluding hydrogens is 262 g/mol. The van der Waals surface area contributed by atoms with E-state index in [1.165, 1.54) is 6.42 Å². The molecule has 0 bridgehead atoms. The van der Waals surface area contributed by atoms with Gasteiger partial charge in [-0.1, -0.05) is 6.07 Å². The minimum atomic E-state index is 0.407. The molecule has 0 spiro atoms. The Hall–Kier alpha value is -2.01. The van der Waals surface area contributed by atoms with Crippen molar-refractivity contribution in [2.24, 2.45) is 0 Å². The summed E-state index contributed by atoms with van der Waals surface area (Å²) in [6, 6.07) is 5.94. The first-order valence-electron chi connectivity index (χ1n) is 7.47. The molecule has 110 valence electrons. The van der Waals surface area contributed by atoms with Gasteiger partial charge in [-0.25, -0.2) is 15.0 Å². The predicted octanol–water partition coefficient (Wildman–Crippen LogP) is 2.70. The lowest BCUT2D eigenvalue weighted by atomic mass is 9.99. The van der Waals surface area contributed by atoms with Crippen molar-refractivity contribution in [1.82, 2.24) is 20.3 Å². The highest BCUT2D eigenvalue weighted by atomic mass is 15.1. The van der Waals surface area contributed by atoms with Crippen LogP contribution in [-0.4, -0.2) is 28.0 Å². The molecule has 1 atom stereocenters. The summed E-state index contributed by atoms with van der Waals surface area (Å²) in [5, 5.41) is 6.73. The van der Waals surface area contributed by atoms with Gasteiger partial charge in [0.05, 0.1) is 0 Å². The van der Waals surface area contributed by atoms with Crippen LogP contribution < -0.4 is 10.6 Å². The highest BCUT2D eigenvalue weighted by Gasteiger charge is 2.18. The molecule has 0 saturated carbocycles. The molecule has 21 heavy (non-hydrogen) atoms. The van der Waals surface area contributed by atoms with Gasteiger partial charge in [-0.3, -0.25) is 0 Å². The van der Waals surface area contributed by atoms with Crippen molar-refractivity contribution < 1.29 is 0 Å². The van der Waals surface area contributed by atoms with Gasteiger partial charge < -0.3 is 10.6 Å². The normalized spacial score (nSPS) is 18.5. The van der Waals surface area contributed by atoms with E-state index in [9.17, 15) is 0 Å². The minimum Gasteiger partial charge on any atom is -0.325 e. The summed E-state index contributed by atoms with van der Waals surface area (Å²) in [6.45, 7) is 6.11. The highest BCUT2D eigenvalue weighted by Crippen LogP contribution is 2.23. The fourth-order valence-electron chi connectivity index (χ4n) is 2.65. The summed E-state index contributed by atoms with van der Waals surface area (Å²) in [7, 11) is 0. The average molecular weight is 283 g/mol. The van der Waals surface area contributed by atoms with Gasteiger partial charge in [-0.05, 0) is 44.9 Å². The Morgan fingerprint density at radius 2 is 2.19 bits per heavy atom. The van der Waals surface area contributed by atoms with E-state index in [2.05, 4.69) is 20.6 Å². The zero-order valence-electron chi connectivity index (χ0n) is 12.6. The van der Waals surface area contributed by atoms with E-state index in [0.29, 0.717) is 5.92 Å². The zero-order valence-corrected chi connectivity index (χ0v) is 12.6. The maximum absolute atomic E-state index is 4.69. The lowest BCUT2D eigenvalue weighted by Gasteiger charge is -2.22. The second kappa shape index (κ2) is 6.18. The molecule has 1 aliphatic heterocycles. The standard InChI is InChI=1S/C16H21N5/c1-11-5-3-8-18-15(11)20-14-9-12(2)19-16(21-14)13-6-4-7-17-10-13/h3,5,8-9,13,17H,4,6-7,10H2,1-2H3,(H,18,19,20,21)/t13-/m0/s1. The Morgan fingerprint density at radius 1 is 1.29 bits per heavy atom. The van der Waals surface area contributed by atoms with Gasteiger partial charge >= 0.3 is 0 Å². The molecule has 0 unspecified atom stereocenters. The van der Waals surface area contributed by atoms with Crippen molar-refractivity contribution in [2.45, 2.75) is 32.6 Å². The summed E-state index contributed by atoms with van der Waals surface area (Å²) >= 11 is 0. The van der Waals surface area contributed by atoms with Crippen molar-refractivity contribution >= 4 is 11.6 Å². The van der Waals surface area contributed by atoms with Crippen LogP contribution in [0.5, 0.6) is 0 Å². The molecule has 2 aromatic rings. The SMILES string of the molecule is Cc1cc(Nc2ncccc2C)nc([C@H]2CCCNC2)n1. The van der Waals surface area contributed by atoms with E-state index in [1.807, 2.05) is 32.0 Å². The molecule has 1 saturated heterocycles. The number of aromatic nitrogens is 3. The second-order valence-electron chi connectivity index (χ2n) is 5.59. The fourth-order valence-corrected chi connectivity index (χ4v) is 2.65. The third-order valence-corrected chi connectivity index (χ3v) is 3.79. The van der Waals surface area contributed by atoms with Crippen LogP contribution in [0.2, 0.25) is 0 Å². The molecule has 1 aliphatic rings. The molecule has 2 N–H and O–H groups in total. The summed E-state index contributed by atoms with van der Waals surface area (Å²) in [6.07, 6.45) is 4.12. The predicted molar refractivity (Wildman–Crippen MR) is 83.9 cm³/mol. The second-order valence-corrected chi connectivity index (χ2v) is 5.59. The van der Waals surface area contributed by atoms with E-state index in [4.69, 9.17) is 4.98 Å². The van der Waals surface area contributed by atoms with Crippen molar-refractivity contribution in [2.75, 3.05) is 18.4 Å². The number of rotatable bonds is 3. The average Bonchev–Trinajstić information content (AvgIpc) is 2.50. The molecule has 0 aromatic carbocycles. The highest BCUT2D eigenvalue weighted by molar-refractivity contribution is 5.55. The topological polar surface area (TPSA) is 62.7 Å². The van der Waals surface area contributed by atoms with Crippen LogP contribution in [0.3, 0.4) is 0 Å². The van der Waals surface area contributed by atoms with Crippen molar-refractivity contribution in [1.29, 1.82) is 0 Å². The number of aryl methyl sites for hydroxylation is 2. The Kier molecular flexibility index (Phi) is 4.10. The van der Waals surface area contributed by atoms with Crippen LogP contribution in [0.15, 0.2) is 24.4 Å². The lowest BCUT2D eigenvalue weighted by molar-refractivity contribution is 0.446. The fraction of sp³-hybridized carbons (Fsp3) is 0.438. The molecule has 2 aromatic heterocycles. The molecule has 5 nitrogen and oxygen atoms in total. The molecular formula is C16H21N5. The molecule has 0 amide bonds. The number of nitrogens with zero attached hydrogens (tertiary/aromatic N) is 3. The molecule has 3 rings (SSSR count). The number of piperidine rings is 1. The number of hydrogen-bond donors (Lipinski definition) is 2. The van der Waals surface area contributed by atoms with Crippen LogP contribution in [0, 0.1) is 13.8 Å². The first-order chi connectivity index (χ1) is 10.2. The third-order valence-electron chi connectivity index (χ3n) is 3.79. The molecule has 1 fully saturated rings. The van der Waals surface area contributed by atoms with Crippen molar-refractivity contribution in [3.8, 4) is 0 Å². The van der Waals surface area contributed by atoms with Crippen molar-refractivity contribution in [3.63, 3.8) is 0 Å². The van der Waals surface area contributed by atoms with Gasteiger partial charge in [0.15, 0.2) is 0 Å². The van der Waals surface area contributed by atoms with Gasteiger partial charge in [0, 0.05) is 30.4 Å². The first-order valence-corrected chi connectivity index (χ1v) is 7.47. The lowest BCUT2D eigenvalue weighted by Crippen LogP contribution is -2.29. The molecule has 0 radical (unpaired) electrons. The zero-order chi connectivity index (χ0) is 14.7. The van der Waals surface area contributed by atoms with Crippen LogP contribution in [-0.2, 0) is 0 Å². The van der Waals surface area contributed by atoms with Crippen molar-refractivity contribution in [3.05, 3.63) is 41.5 Å². The first kappa shape index (κ1) is 13.9. The molecule has 5 heteroatoms. The largest absolute Gasteiger partial charge is 0.325 e. The van der Waals surface area contributed by atoms with E-state index in [0.717, 1.165) is 48.2 Å². The summed E-state index contributed by atoms with van der Waals surface area (Å²) in [4.78, 5) is 13.7. The molecule has 0 aliphatic carbocycles. The van der Waals surface area contributed by atoms with Gasteiger partial charge in [0.2, 0.25) is 0 Å². The number of pyridine rings is 1. The Labute approximate surface area is 125 Å². The Morgan fingerprint density at radius 3 is 2.95 bits per heavy atom. The summed E-state index contributed by atoms with van der Waals surface area (Å²) < 4.78 is 0. The number of hydrogen-bond acceptors (Lipinski definition) is 5. The molecule has 3 heterocycles. The summed E-state index contributed by atoms with van der Waals surface area (Å²) in [5.74, 6) is 3.01. The minimum absolute atomic E-state index is 0.407.